The molecule has 1 saturated heterocycles. The Morgan fingerprint density at radius 3 is 2.75 bits per heavy atom. The van der Waals surface area contributed by atoms with Gasteiger partial charge in [0.05, 0.1) is 23.0 Å². The highest BCUT2D eigenvalue weighted by Gasteiger charge is 2.38. The number of carbonyl (C=O) groups is 1. The summed E-state index contributed by atoms with van der Waals surface area (Å²) in [7, 11) is 1.64. The average molecular weight is 401 g/mol. The monoisotopic (exact) mass is 400 g/mol. The maximum Gasteiger partial charge on any atom is 0.251 e. The molecule has 1 fully saturated rings. The Kier molecular flexibility index (Phi) is 5.21. The number of hydrogen-bond acceptors (Lipinski definition) is 5. The average Bonchev–Trinajstić information content (AvgIpc) is 3.00. The van der Waals surface area contributed by atoms with Crippen LogP contribution in [0.4, 0.5) is 4.39 Å². The van der Waals surface area contributed by atoms with Gasteiger partial charge in [0, 0.05) is 26.0 Å². The van der Waals surface area contributed by atoms with Crippen LogP contribution in [0.3, 0.4) is 0 Å². The van der Waals surface area contributed by atoms with Crippen LogP contribution in [-0.2, 0) is 4.79 Å². The highest BCUT2D eigenvalue weighted by molar-refractivity contribution is 7.96. The molecule has 1 amide bonds. The number of benzene rings is 1. The van der Waals surface area contributed by atoms with Gasteiger partial charge in [0.1, 0.15) is 5.82 Å². The second kappa shape index (κ2) is 7.64. The van der Waals surface area contributed by atoms with Gasteiger partial charge in [-0.1, -0.05) is 31.0 Å². The summed E-state index contributed by atoms with van der Waals surface area (Å²) in [6.45, 7) is 3.25. The Balaban J connectivity index is 1.82. The van der Waals surface area contributed by atoms with E-state index in [0.717, 1.165) is 30.6 Å². The van der Waals surface area contributed by atoms with E-state index in [9.17, 15) is 9.18 Å². The molecule has 0 aliphatic carbocycles. The van der Waals surface area contributed by atoms with Gasteiger partial charge in [0.2, 0.25) is 0 Å². The van der Waals surface area contributed by atoms with Gasteiger partial charge >= 0.3 is 0 Å². The number of nitrogens with zero attached hydrogens (tertiary/aromatic N) is 2. The lowest BCUT2D eigenvalue weighted by Crippen LogP contribution is -2.33. The third-order valence-corrected chi connectivity index (χ3v) is 6.45. The predicted octanol–water partition coefficient (Wildman–Crippen LogP) is 3.48. The quantitative estimate of drug-likeness (QED) is 0.761. The van der Waals surface area contributed by atoms with E-state index < -0.39 is 0 Å². The molecule has 1 unspecified atom stereocenters. The van der Waals surface area contributed by atoms with Gasteiger partial charge in [-0.25, -0.2) is 9.82 Å². The van der Waals surface area contributed by atoms with Gasteiger partial charge in [0.25, 0.3) is 5.91 Å². The van der Waals surface area contributed by atoms with E-state index in [1.54, 1.807) is 31.1 Å². The van der Waals surface area contributed by atoms with Gasteiger partial charge in [0.15, 0.2) is 0 Å². The van der Waals surface area contributed by atoms with Crippen LogP contribution < -0.4 is 10.7 Å². The molecule has 0 radical (unpaired) electrons. The fraction of sp³-hybridized carbons (Fsp3) is 0.381. The van der Waals surface area contributed by atoms with Crippen molar-refractivity contribution in [1.82, 2.24) is 20.1 Å². The minimum absolute atomic E-state index is 0.129. The molecule has 7 heteroatoms. The van der Waals surface area contributed by atoms with Crippen molar-refractivity contribution < 1.29 is 9.18 Å². The lowest BCUT2D eigenvalue weighted by molar-refractivity contribution is -0.117. The van der Waals surface area contributed by atoms with Gasteiger partial charge in [-0.2, -0.15) is 0 Å². The number of hydrogen-bond donors (Lipinski definition) is 2. The normalized spacial score (nSPS) is 24.3. The van der Waals surface area contributed by atoms with E-state index in [0.29, 0.717) is 11.5 Å². The molecule has 0 bridgehead atoms. The van der Waals surface area contributed by atoms with Gasteiger partial charge in [-0.3, -0.25) is 9.80 Å². The van der Waals surface area contributed by atoms with E-state index >= 15 is 0 Å². The summed E-state index contributed by atoms with van der Waals surface area (Å²) in [4.78, 5) is 12.8. The summed E-state index contributed by atoms with van der Waals surface area (Å²) in [5.74, 6) is 0.00874. The summed E-state index contributed by atoms with van der Waals surface area (Å²) in [6.07, 6.45) is 8.60. The number of nitrogens with one attached hydrogen (secondary N) is 2. The first-order valence-electron chi connectivity index (χ1n) is 9.56. The van der Waals surface area contributed by atoms with E-state index in [2.05, 4.69) is 40.5 Å². The van der Waals surface area contributed by atoms with Crippen molar-refractivity contribution in [2.24, 2.45) is 5.92 Å². The molecule has 1 aromatic carbocycles. The van der Waals surface area contributed by atoms with Crippen molar-refractivity contribution in [3.63, 3.8) is 0 Å². The highest BCUT2D eigenvalue weighted by atomic mass is 32.2. The molecule has 3 aliphatic rings. The van der Waals surface area contributed by atoms with E-state index in [-0.39, 0.29) is 17.8 Å². The fourth-order valence-corrected chi connectivity index (χ4v) is 4.77. The van der Waals surface area contributed by atoms with Crippen molar-refractivity contribution >= 4 is 17.9 Å². The molecule has 0 spiro atoms. The molecule has 5 nitrogen and oxygen atoms in total. The molecule has 0 aromatic heterocycles. The molecule has 2 atom stereocenters. The second-order valence-corrected chi connectivity index (χ2v) is 8.11. The minimum atomic E-state index is -0.329. The van der Waals surface area contributed by atoms with Crippen LogP contribution in [0.2, 0.25) is 0 Å². The molecule has 4 rings (SSSR count). The summed E-state index contributed by atoms with van der Waals surface area (Å²) in [6, 6.07) is 5.98. The Bertz CT molecular complexity index is 877. The van der Waals surface area contributed by atoms with E-state index in [4.69, 9.17) is 0 Å². The summed E-state index contributed by atoms with van der Waals surface area (Å²) in [5.41, 5.74) is 8.25. The largest absolute Gasteiger partial charge is 0.355 e. The van der Waals surface area contributed by atoms with Crippen LogP contribution in [0.1, 0.15) is 31.4 Å². The highest BCUT2D eigenvalue weighted by Crippen LogP contribution is 2.42. The van der Waals surface area contributed by atoms with Crippen molar-refractivity contribution in [2.45, 2.75) is 25.8 Å². The topological polar surface area (TPSA) is 47.6 Å². The van der Waals surface area contributed by atoms with Gasteiger partial charge < -0.3 is 9.62 Å². The number of likely N-dealkylation sites (N-methyl/N-ethyl adjacent to an activating group) is 1. The van der Waals surface area contributed by atoms with Crippen LogP contribution in [0.5, 0.6) is 0 Å². The van der Waals surface area contributed by atoms with E-state index in [1.165, 1.54) is 23.4 Å². The smallest absolute Gasteiger partial charge is 0.251 e. The first-order chi connectivity index (χ1) is 13.5. The Morgan fingerprint density at radius 2 is 2.07 bits per heavy atom. The fourth-order valence-electron chi connectivity index (χ4n) is 4.11. The number of carbonyl (C=O) groups excluding carboxylic acids is 1. The number of halogens is 1. The van der Waals surface area contributed by atoms with Gasteiger partial charge in [-0.05, 0) is 48.1 Å². The first kappa shape index (κ1) is 19.1. The molecule has 1 aromatic rings. The third-order valence-electron chi connectivity index (χ3n) is 5.63. The number of amides is 1. The maximum absolute atomic E-state index is 13.4. The van der Waals surface area contributed by atoms with Crippen LogP contribution in [0.15, 0.2) is 59.1 Å². The van der Waals surface area contributed by atoms with Crippen LogP contribution in [-0.4, -0.2) is 35.1 Å². The summed E-state index contributed by atoms with van der Waals surface area (Å²) in [5, 5.41) is 4.71. The minimum Gasteiger partial charge on any atom is -0.355 e. The molecule has 3 heterocycles. The summed E-state index contributed by atoms with van der Waals surface area (Å²) < 4.78 is 15.7. The maximum atomic E-state index is 13.4. The Morgan fingerprint density at radius 1 is 1.32 bits per heavy atom. The number of fused-ring (bicyclic) bond motifs is 2. The van der Waals surface area contributed by atoms with Crippen LogP contribution in [0.25, 0.3) is 0 Å². The zero-order valence-corrected chi connectivity index (χ0v) is 17.1. The van der Waals surface area contributed by atoms with Crippen molar-refractivity contribution in [1.29, 1.82) is 0 Å². The van der Waals surface area contributed by atoms with Crippen molar-refractivity contribution in [3.05, 3.63) is 70.5 Å². The lowest BCUT2D eigenvalue weighted by Gasteiger charge is -2.31. The Hall–Kier alpha value is -2.25. The number of rotatable bonds is 3. The SMILES string of the molecule is CNC(=O)C1=C2C=C3C(=CN2NC1c1ccc(F)cc1)N(SC)CCC[C@@H]3C. The number of hydrazine groups is 1. The molecular formula is C21H25FN4OS. The van der Waals surface area contributed by atoms with Crippen molar-refractivity contribution in [3.8, 4) is 0 Å². The van der Waals surface area contributed by atoms with Crippen LogP contribution >= 0.6 is 11.9 Å². The number of allylic oxidation sites excluding steroid dienone is 2. The second-order valence-electron chi connectivity index (χ2n) is 7.30. The van der Waals surface area contributed by atoms with Crippen LogP contribution in [0, 0.1) is 11.7 Å². The third kappa shape index (κ3) is 3.22. The molecule has 28 heavy (non-hydrogen) atoms. The molecule has 148 valence electrons. The Labute approximate surface area is 169 Å². The summed E-state index contributed by atoms with van der Waals surface area (Å²) >= 11 is 1.72. The molecule has 3 aliphatic heterocycles. The standard InChI is InChI=1S/C21H25FN4OS/c1-13-5-4-10-26(28-3)18-12-25-17(11-16(13)18)19(21(27)23-2)20(24-25)14-6-8-15(22)9-7-14/h6-9,11-13,20,24H,4-5,10H2,1-3H3,(H,23,27)/t13-,20?/m0/s1. The van der Waals surface area contributed by atoms with Crippen molar-refractivity contribution in [2.75, 3.05) is 19.8 Å². The predicted molar refractivity (Wildman–Crippen MR) is 110 cm³/mol. The molecule has 2 N–H and O–H groups in total. The van der Waals surface area contributed by atoms with Gasteiger partial charge in [-0.15, -0.1) is 0 Å². The molecule has 0 saturated carbocycles. The zero-order valence-electron chi connectivity index (χ0n) is 16.3. The lowest BCUT2D eigenvalue weighted by atomic mass is 9.91. The first-order valence-corrected chi connectivity index (χ1v) is 10.7. The zero-order chi connectivity index (χ0) is 19.8. The molecular weight excluding hydrogens is 375 g/mol. The van der Waals surface area contributed by atoms with E-state index in [1.807, 2.05) is 5.01 Å².